The van der Waals surface area contributed by atoms with Gasteiger partial charge in [-0.05, 0) is 30.7 Å². The number of aliphatic hydroxyl groups is 2. The van der Waals surface area contributed by atoms with Gasteiger partial charge in [-0.2, -0.15) is 4.31 Å². The van der Waals surface area contributed by atoms with Crippen molar-refractivity contribution in [3.8, 4) is 0 Å². The van der Waals surface area contributed by atoms with Crippen LogP contribution < -0.4 is 5.32 Å². The van der Waals surface area contributed by atoms with Crippen LogP contribution in [-0.2, 0) is 16.4 Å². The summed E-state index contributed by atoms with van der Waals surface area (Å²) in [5.41, 5.74) is -0.612. The summed E-state index contributed by atoms with van der Waals surface area (Å²) in [6.07, 6.45) is 1.60. The van der Waals surface area contributed by atoms with E-state index >= 15 is 0 Å². The van der Waals surface area contributed by atoms with Gasteiger partial charge in [0, 0.05) is 44.5 Å². The summed E-state index contributed by atoms with van der Waals surface area (Å²) in [5, 5.41) is 24.3. The molecular formula is C19H25N3O4S. The molecule has 1 aromatic carbocycles. The van der Waals surface area contributed by atoms with E-state index in [0.717, 1.165) is 5.69 Å². The first kappa shape index (κ1) is 19.9. The minimum atomic E-state index is -3.71. The Hall–Kier alpha value is -1.84. The van der Waals surface area contributed by atoms with Crippen molar-refractivity contribution in [3.05, 3.63) is 60.4 Å². The first-order valence-corrected chi connectivity index (χ1v) is 10.4. The normalized spacial score (nSPS) is 24.0. The van der Waals surface area contributed by atoms with Crippen LogP contribution in [0.2, 0.25) is 0 Å². The highest BCUT2D eigenvalue weighted by atomic mass is 32.2. The number of β-amino-alcohol motifs (C(OH)–C–C–N with tert-alkyl or cyclic N) is 1. The predicted molar refractivity (Wildman–Crippen MR) is 102 cm³/mol. The second-order valence-electron chi connectivity index (χ2n) is 6.81. The van der Waals surface area contributed by atoms with E-state index in [9.17, 15) is 18.6 Å². The van der Waals surface area contributed by atoms with Crippen LogP contribution in [0.4, 0.5) is 0 Å². The van der Waals surface area contributed by atoms with E-state index in [1.165, 1.54) is 16.4 Å². The number of piperidine rings is 1. The van der Waals surface area contributed by atoms with Gasteiger partial charge in [0.15, 0.2) is 0 Å². The maximum Gasteiger partial charge on any atom is 0.243 e. The van der Waals surface area contributed by atoms with Crippen LogP contribution in [0.3, 0.4) is 0 Å². The van der Waals surface area contributed by atoms with Crippen molar-refractivity contribution in [1.29, 1.82) is 0 Å². The maximum absolute atomic E-state index is 12.8. The van der Waals surface area contributed by atoms with Gasteiger partial charge in [-0.15, -0.1) is 0 Å². The summed E-state index contributed by atoms with van der Waals surface area (Å²) < 4.78 is 26.8. The van der Waals surface area contributed by atoms with Gasteiger partial charge in [-0.1, -0.05) is 24.3 Å². The lowest BCUT2D eigenvalue weighted by atomic mass is 9.91. The van der Waals surface area contributed by atoms with Crippen molar-refractivity contribution in [2.45, 2.75) is 29.4 Å². The minimum absolute atomic E-state index is 0.0990. The Labute approximate surface area is 159 Å². The van der Waals surface area contributed by atoms with Crippen LogP contribution in [0.15, 0.2) is 59.6 Å². The summed E-state index contributed by atoms with van der Waals surface area (Å²) in [6.45, 7) is 0.690. The molecule has 7 nitrogen and oxygen atoms in total. The van der Waals surface area contributed by atoms with Gasteiger partial charge in [0.05, 0.1) is 11.0 Å². The van der Waals surface area contributed by atoms with Gasteiger partial charge < -0.3 is 15.5 Å². The van der Waals surface area contributed by atoms with Crippen molar-refractivity contribution in [3.63, 3.8) is 0 Å². The van der Waals surface area contributed by atoms with Crippen LogP contribution in [0.1, 0.15) is 12.1 Å². The number of sulfonamides is 1. The predicted octanol–water partition coefficient (Wildman–Crippen LogP) is 0.400. The molecule has 27 heavy (non-hydrogen) atoms. The van der Waals surface area contributed by atoms with Gasteiger partial charge >= 0.3 is 0 Å². The van der Waals surface area contributed by atoms with E-state index in [-0.39, 0.29) is 31.0 Å². The van der Waals surface area contributed by atoms with Gasteiger partial charge in [0.1, 0.15) is 5.60 Å². The molecule has 2 aromatic rings. The molecule has 146 valence electrons. The number of benzene rings is 1. The summed E-state index contributed by atoms with van der Waals surface area (Å²) >= 11 is 0. The van der Waals surface area contributed by atoms with E-state index in [0.29, 0.717) is 13.0 Å². The zero-order valence-corrected chi connectivity index (χ0v) is 15.8. The first-order chi connectivity index (χ1) is 12.9. The zero-order valence-electron chi connectivity index (χ0n) is 15.0. The quantitative estimate of drug-likeness (QED) is 0.591. The van der Waals surface area contributed by atoms with Crippen LogP contribution in [0.5, 0.6) is 0 Å². The van der Waals surface area contributed by atoms with Crippen LogP contribution in [-0.4, -0.2) is 65.8 Å². The Morgan fingerprint density at radius 2 is 1.93 bits per heavy atom. The van der Waals surface area contributed by atoms with Crippen molar-refractivity contribution in [1.82, 2.24) is 14.6 Å². The Morgan fingerprint density at radius 3 is 2.63 bits per heavy atom. The zero-order chi connectivity index (χ0) is 19.3. The largest absolute Gasteiger partial charge is 0.390 e. The lowest BCUT2D eigenvalue weighted by Gasteiger charge is -2.42. The van der Waals surface area contributed by atoms with E-state index in [1.54, 1.807) is 24.4 Å². The smallest absolute Gasteiger partial charge is 0.243 e. The second-order valence-corrected chi connectivity index (χ2v) is 8.75. The second kappa shape index (κ2) is 8.45. The maximum atomic E-state index is 12.8. The molecule has 0 bridgehead atoms. The molecule has 0 unspecified atom stereocenters. The van der Waals surface area contributed by atoms with Crippen molar-refractivity contribution >= 4 is 10.0 Å². The SMILES string of the molecule is O=S(=O)(c1ccccc1)N1CC[C@H](O)[C@@](O)(CNCCc2ccccn2)C1. The third-order valence-electron chi connectivity index (χ3n) is 4.82. The highest BCUT2D eigenvalue weighted by Crippen LogP contribution is 2.26. The van der Waals surface area contributed by atoms with E-state index in [4.69, 9.17) is 0 Å². The molecule has 2 atom stereocenters. The number of rotatable bonds is 7. The molecule has 0 spiro atoms. The highest BCUT2D eigenvalue weighted by molar-refractivity contribution is 7.89. The molecule has 1 fully saturated rings. The third kappa shape index (κ3) is 4.72. The monoisotopic (exact) mass is 391 g/mol. The summed E-state index contributed by atoms with van der Waals surface area (Å²) in [5.74, 6) is 0. The highest BCUT2D eigenvalue weighted by Gasteiger charge is 2.44. The standard InChI is InChI=1S/C19H25N3O4S/c23-18-10-13-22(27(25,26)17-7-2-1-3-8-17)15-19(18,24)14-20-12-9-16-6-4-5-11-21-16/h1-8,11,18,20,23-24H,9-10,12-15H2/t18-,19+/m0/s1. The van der Waals surface area contributed by atoms with Crippen molar-refractivity contribution in [2.24, 2.45) is 0 Å². The van der Waals surface area contributed by atoms with E-state index < -0.39 is 21.7 Å². The number of nitrogens with zero attached hydrogens (tertiary/aromatic N) is 2. The molecule has 3 rings (SSSR count). The first-order valence-electron chi connectivity index (χ1n) is 8.98. The molecule has 1 saturated heterocycles. The minimum Gasteiger partial charge on any atom is -0.390 e. The molecule has 1 aliphatic heterocycles. The number of aromatic nitrogens is 1. The Bertz CT molecular complexity index is 833. The molecule has 0 amide bonds. The summed E-state index contributed by atoms with van der Waals surface area (Å²) in [6, 6.07) is 13.8. The number of hydrogen-bond acceptors (Lipinski definition) is 6. The number of aliphatic hydroxyl groups excluding tert-OH is 1. The fraction of sp³-hybridized carbons (Fsp3) is 0.421. The Kier molecular flexibility index (Phi) is 6.23. The molecule has 2 heterocycles. The van der Waals surface area contributed by atoms with Gasteiger partial charge in [0.25, 0.3) is 0 Å². The van der Waals surface area contributed by atoms with Gasteiger partial charge in [-0.25, -0.2) is 8.42 Å². The van der Waals surface area contributed by atoms with Gasteiger partial charge in [0.2, 0.25) is 10.0 Å². The fourth-order valence-electron chi connectivity index (χ4n) is 3.21. The summed E-state index contributed by atoms with van der Waals surface area (Å²) in [4.78, 5) is 4.42. The Morgan fingerprint density at radius 1 is 1.19 bits per heavy atom. The topological polar surface area (TPSA) is 103 Å². The van der Waals surface area contributed by atoms with Gasteiger partial charge in [-0.3, -0.25) is 4.98 Å². The van der Waals surface area contributed by atoms with Crippen molar-refractivity contribution in [2.75, 3.05) is 26.2 Å². The van der Waals surface area contributed by atoms with Crippen molar-refractivity contribution < 1.29 is 18.6 Å². The lowest BCUT2D eigenvalue weighted by molar-refractivity contribution is -0.104. The van der Waals surface area contributed by atoms with Crippen LogP contribution in [0.25, 0.3) is 0 Å². The van der Waals surface area contributed by atoms with Crippen LogP contribution >= 0.6 is 0 Å². The molecule has 1 aromatic heterocycles. The molecule has 0 saturated carbocycles. The molecule has 3 N–H and O–H groups in total. The van der Waals surface area contributed by atoms with E-state index in [1.807, 2.05) is 18.2 Å². The molecule has 1 aliphatic rings. The molecule has 0 aliphatic carbocycles. The van der Waals surface area contributed by atoms with E-state index in [2.05, 4.69) is 10.3 Å². The summed E-state index contributed by atoms with van der Waals surface area (Å²) in [7, 11) is -3.71. The Balaban J connectivity index is 1.62. The fourth-order valence-corrected chi connectivity index (χ4v) is 4.75. The molecule has 8 heteroatoms. The number of hydrogen-bond donors (Lipinski definition) is 3. The number of nitrogens with one attached hydrogen (secondary N) is 1. The van der Waals surface area contributed by atoms with Crippen LogP contribution in [0, 0.1) is 0 Å². The molecular weight excluding hydrogens is 366 g/mol. The average Bonchev–Trinajstić information content (AvgIpc) is 2.69. The third-order valence-corrected chi connectivity index (χ3v) is 6.68. The molecule has 0 radical (unpaired) electrons. The lowest BCUT2D eigenvalue weighted by Crippen LogP contribution is -2.62. The average molecular weight is 391 g/mol. The number of pyridine rings is 1.